The number of nitriles is 1. The number of hydrogen-bond donors (Lipinski definition) is 0. The highest BCUT2D eigenvalue weighted by molar-refractivity contribution is 9.07. The van der Waals surface area contributed by atoms with Crippen LogP contribution >= 0.6 is 16.1 Å². The van der Waals surface area contributed by atoms with Crippen LogP contribution in [0.5, 0.6) is 0 Å². The van der Waals surface area contributed by atoms with Gasteiger partial charge in [0, 0.05) is 71.3 Å². The van der Waals surface area contributed by atoms with Crippen molar-refractivity contribution in [3.63, 3.8) is 0 Å². The molecule has 3 heterocycles. The summed E-state index contributed by atoms with van der Waals surface area (Å²) in [5.74, 6) is 2.16. The van der Waals surface area contributed by atoms with E-state index in [0.29, 0.717) is 17.5 Å². The molecule has 0 radical (unpaired) electrons. The first kappa shape index (κ1) is 17.2. The largest absolute Gasteiger partial charge is 0.353 e. The second-order valence-corrected chi connectivity index (χ2v) is 8.81. The minimum absolute atomic E-state index is 0.509. The molecule has 6 heteroatoms. The van der Waals surface area contributed by atoms with Crippen LogP contribution in [0.25, 0.3) is 11.1 Å². The van der Waals surface area contributed by atoms with E-state index in [1.165, 1.54) is 25.7 Å². The van der Waals surface area contributed by atoms with E-state index in [4.69, 9.17) is 4.98 Å². The van der Waals surface area contributed by atoms with Crippen LogP contribution < -0.4 is 4.90 Å². The summed E-state index contributed by atoms with van der Waals surface area (Å²) in [5, 5.41) is 9.85. The molecule has 5 rings (SSSR count). The maximum Gasteiger partial charge on any atom is 0.146 e. The summed E-state index contributed by atoms with van der Waals surface area (Å²) in [6, 6.07) is 8.97. The average molecular weight is 424 g/mol. The number of pyridine rings is 2. The quantitative estimate of drug-likeness (QED) is 0.692. The number of piperazine rings is 1. The van der Waals surface area contributed by atoms with Crippen LogP contribution in [-0.4, -0.2) is 39.6 Å². The predicted octanol–water partition coefficient (Wildman–Crippen LogP) is 4.10. The van der Waals surface area contributed by atoms with Crippen molar-refractivity contribution in [3.05, 3.63) is 41.9 Å². The molecule has 0 bridgehead atoms. The van der Waals surface area contributed by atoms with Gasteiger partial charge in [0.25, 0.3) is 0 Å². The van der Waals surface area contributed by atoms with Crippen molar-refractivity contribution in [2.24, 2.45) is 5.92 Å². The van der Waals surface area contributed by atoms with Crippen LogP contribution in [0.15, 0.2) is 30.6 Å². The zero-order valence-electron chi connectivity index (χ0n) is 15.2. The Labute approximate surface area is 168 Å². The Kier molecular flexibility index (Phi) is 4.37. The van der Waals surface area contributed by atoms with Crippen LogP contribution in [0.1, 0.15) is 42.9 Å². The Balaban J connectivity index is 1.55. The molecule has 27 heavy (non-hydrogen) atoms. The molecule has 3 fully saturated rings. The minimum Gasteiger partial charge on any atom is -0.353 e. The second kappa shape index (κ2) is 6.88. The zero-order chi connectivity index (χ0) is 18.4. The molecule has 138 valence electrons. The van der Waals surface area contributed by atoms with Crippen molar-refractivity contribution >= 4 is 22.0 Å². The molecule has 2 aliphatic carbocycles. The van der Waals surface area contributed by atoms with Gasteiger partial charge < -0.3 is 4.90 Å². The lowest BCUT2D eigenvalue weighted by atomic mass is 10.00. The molecule has 1 aliphatic heterocycles. The van der Waals surface area contributed by atoms with E-state index in [9.17, 15) is 5.26 Å². The number of halogens is 1. The molecule has 2 aromatic rings. The Morgan fingerprint density at radius 2 is 2.04 bits per heavy atom. The van der Waals surface area contributed by atoms with Gasteiger partial charge in [-0.15, -0.1) is 0 Å². The van der Waals surface area contributed by atoms with Gasteiger partial charge in [0.1, 0.15) is 11.9 Å². The van der Waals surface area contributed by atoms with Crippen LogP contribution in [0, 0.1) is 17.2 Å². The first-order chi connectivity index (χ1) is 13.2. The number of hydrogen-bond acceptors (Lipinski definition) is 5. The van der Waals surface area contributed by atoms with Gasteiger partial charge in [-0.2, -0.15) is 5.26 Å². The van der Waals surface area contributed by atoms with Gasteiger partial charge in [0.2, 0.25) is 0 Å². The summed E-state index contributed by atoms with van der Waals surface area (Å²) in [5.41, 5.74) is 3.94. The fourth-order valence-electron chi connectivity index (χ4n) is 4.10. The molecule has 5 nitrogen and oxygen atoms in total. The maximum atomic E-state index is 9.85. The van der Waals surface area contributed by atoms with Crippen LogP contribution in [-0.2, 0) is 0 Å². The molecule has 0 N–H and O–H groups in total. The van der Waals surface area contributed by atoms with Crippen molar-refractivity contribution in [2.75, 3.05) is 24.5 Å². The molecule has 2 aromatic heterocycles. The lowest BCUT2D eigenvalue weighted by Gasteiger charge is -2.39. The zero-order valence-corrected chi connectivity index (χ0v) is 16.8. The second-order valence-electron chi connectivity index (χ2n) is 7.89. The molecule has 1 saturated heterocycles. The van der Waals surface area contributed by atoms with Crippen molar-refractivity contribution in [2.45, 2.75) is 37.6 Å². The van der Waals surface area contributed by atoms with Gasteiger partial charge >= 0.3 is 0 Å². The van der Waals surface area contributed by atoms with Crippen molar-refractivity contribution in [3.8, 4) is 17.2 Å². The average Bonchev–Trinajstić information content (AvgIpc) is 3.61. The summed E-state index contributed by atoms with van der Waals surface area (Å²) >= 11 is 3.74. The third-order valence-corrected chi connectivity index (χ3v) is 6.79. The lowest BCUT2D eigenvalue weighted by molar-refractivity contribution is 0.297. The highest BCUT2D eigenvalue weighted by atomic mass is 79.9. The van der Waals surface area contributed by atoms with E-state index in [1.54, 1.807) is 6.20 Å². The van der Waals surface area contributed by atoms with Crippen LogP contribution in [0.4, 0.5) is 5.82 Å². The van der Waals surface area contributed by atoms with E-state index < -0.39 is 0 Å². The fourth-order valence-corrected chi connectivity index (χ4v) is 4.72. The molecular weight excluding hydrogens is 402 g/mol. The molecular formula is C21H22BrN5. The third kappa shape index (κ3) is 3.35. The first-order valence-electron chi connectivity index (χ1n) is 9.77. The van der Waals surface area contributed by atoms with Crippen molar-refractivity contribution in [1.29, 1.82) is 5.26 Å². The molecule has 3 aliphatic rings. The first-order valence-corrected chi connectivity index (χ1v) is 10.5. The van der Waals surface area contributed by atoms with Crippen LogP contribution in [0.2, 0.25) is 0 Å². The van der Waals surface area contributed by atoms with E-state index in [1.807, 2.05) is 18.3 Å². The van der Waals surface area contributed by atoms with Gasteiger partial charge in [0.05, 0.1) is 11.3 Å². The van der Waals surface area contributed by atoms with Crippen LogP contribution in [0.3, 0.4) is 0 Å². The van der Waals surface area contributed by atoms with E-state index in [0.717, 1.165) is 48.2 Å². The smallest absolute Gasteiger partial charge is 0.146 e. The topological polar surface area (TPSA) is 56.1 Å². The van der Waals surface area contributed by atoms with Gasteiger partial charge in [-0.1, -0.05) is 6.07 Å². The Bertz CT molecular complexity index is 885. The van der Waals surface area contributed by atoms with Crippen molar-refractivity contribution in [1.82, 2.24) is 13.9 Å². The lowest BCUT2D eigenvalue weighted by Crippen LogP contribution is -2.50. The molecule has 1 unspecified atom stereocenters. The minimum atomic E-state index is 0.509. The Morgan fingerprint density at radius 1 is 1.19 bits per heavy atom. The monoisotopic (exact) mass is 423 g/mol. The summed E-state index contributed by atoms with van der Waals surface area (Å²) < 4.78 is 2.30. The summed E-state index contributed by atoms with van der Waals surface area (Å²) in [6.45, 7) is 2.79. The molecule has 1 atom stereocenters. The van der Waals surface area contributed by atoms with Crippen molar-refractivity contribution < 1.29 is 0 Å². The van der Waals surface area contributed by atoms with E-state index in [-0.39, 0.29) is 0 Å². The van der Waals surface area contributed by atoms with E-state index in [2.05, 4.69) is 42.1 Å². The van der Waals surface area contributed by atoms with E-state index >= 15 is 0 Å². The molecule has 2 saturated carbocycles. The highest BCUT2D eigenvalue weighted by Crippen LogP contribution is 2.45. The third-order valence-electron chi connectivity index (χ3n) is 5.91. The number of rotatable bonds is 4. The Hall–Kier alpha value is -1.97. The highest BCUT2D eigenvalue weighted by Gasteiger charge is 2.39. The molecule has 0 amide bonds. The maximum absolute atomic E-state index is 9.85. The fraction of sp³-hybridized carbons (Fsp3) is 0.476. The SMILES string of the molecule is N#Cc1cc(-c2cccnc2)c(C2CC2)nc1N1CCN(Br)C(C2CC2)C1. The standard InChI is InChI=1S/C21H22BrN5/c22-27-9-8-26(13-19(27)14-3-4-14)21-17(11-23)10-18(16-2-1-7-24-12-16)20(25-21)15-5-6-15/h1-2,7,10,12,14-15,19H,3-6,8-9,13H2. The van der Waals surface area contributed by atoms with Gasteiger partial charge in [-0.05, 0) is 43.7 Å². The normalized spacial score (nSPS) is 23.3. The van der Waals surface area contributed by atoms with Gasteiger partial charge in [0.15, 0.2) is 0 Å². The molecule has 0 aromatic carbocycles. The van der Waals surface area contributed by atoms with Gasteiger partial charge in [-0.25, -0.2) is 8.91 Å². The number of anilines is 1. The van der Waals surface area contributed by atoms with Gasteiger partial charge in [-0.3, -0.25) is 4.98 Å². The summed E-state index contributed by atoms with van der Waals surface area (Å²) in [7, 11) is 0. The predicted molar refractivity (Wildman–Crippen MR) is 109 cm³/mol. The molecule has 0 spiro atoms. The Morgan fingerprint density at radius 3 is 2.70 bits per heavy atom. The summed E-state index contributed by atoms with van der Waals surface area (Å²) in [6.07, 6.45) is 8.65. The number of nitrogens with zero attached hydrogens (tertiary/aromatic N) is 5. The summed E-state index contributed by atoms with van der Waals surface area (Å²) in [4.78, 5) is 11.7. The number of aromatic nitrogens is 2.